The molecule has 8 heteroatoms. The minimum Gasteiger partial charge on any atom is -0.447 e. The Kier molecular flexibility index (Phi) is 6.42. The van der Waals surface area contributed by atoms with E-state index in [1.165, 1.54) is 18.0 Å². The Balaban J connectivity index is 1.44. The Morgan fingerprint density at radius 1 is 1.10 bits per heavy atom. The Labute approximate surface area is 190 Å². The number of hydrogen-bond acceptors (Lipinski definition) is 4. The lowest BCUT2D eigenvalue weighted by atomic mass is 10.1. The molecule has 0 aliphatic rings. The minimum absolute atomic E-state index is 0.308. The molecule has 4 aromatic rings. The maximum atomic E-state index is 12.6. The highest BCUT2D eigenvalue weighted by molar-refractivity contribution is 9.10. The Morgan fingerprint density at radius 3 is 2.60 bits per heavy atom. The topological polar surface area (TPSA) is 59.5 Å². The van der Waals surface area contributed by atoms with Gasteiger partial charge in [0, 0.05) is 28.4 Å². The summed E-state index contributed by atoms with van der Waals surface area (Å²) in [5, 5.41) is 5.40. The zero-order valence-electron chi connectivity index (χ0n) is 15.5. The van der Waals surface area contributed by atoms with Gasteiger partial charge in [-0.3, -0.25) is 4.79 Å². The quantitative estimate of drug-likeness (QED) is 0.246. The largest absolute Gasteiger partial charge is 0.447 e. The van der Waals surface area contributed by atoms with Crippen LogP contribution in [0.15, 0.2) is 103 Å². The van der Waals surface area contributed by atoms with E-state index in [1.54, 1.807) is 12.1 Å². The fraction of sp³-hybridized carbons (Fsp3) is 0. The molecule has 0 saturated heterocycles. The molecule has 30 heavy (non-hydrogen) atoms. The second kappa shape index (κ2) is 9.38. The summed E-state index contributed by atoms with van der Waals surface area (Å²) in [4.78, 5) is 13.6. The van der Waals surface area contributed by atoms with E-state index in [2.05, 4.69) is 26.5 Å². The highest BCUT2D eigenvalue weighted by Crippen LogP contribution is 2.35. The van der Waals surface area contributed by atoms with Crippen molar-refractivity contribution in [1.29, 1.82) is 0 Å². The third-order valence-electron chi connectivity index (χ3n) is 4.09. The number of para-hydroxylation sites is 1. The monoisotopic (exact) mass is 499 g/mol. The maximum Gasteiger partial charge on any atom is 0.273 e. The Morgan fingerprint density at radius 2 is 1.83 bits per heavy atom. The number of benzene rings is 2. The van der Waals surface area contributed by atoms with Gasteiger partial charge in [-0.25, -0.2) is 5.43 Å². The van der Waals surface area contributed by atoms with Gasteiger partial charge in [-0.15, -0.1) is 0 Å². The summed E-state index contributed by atoms with van der Waals surface area (Å²) in [6.45, 7) is 0. The molecule has 2 aromatic carbocycles. The van der Waals surface area contributed by atoms with Crippen molar-refractivity contribution >= 4 is 51.4 Å². The molecule has 150 valence electrons. The van der Waals surface area contributed by atoms with Crippen molar-refractivity contribution in [2.45, 2.75) is 9.99 Å². The van der Waals surface area contributed by atoms with Gasteiger partial charge < -0.3 is 8.98 Å². The van der Waals surface area contributed by atoms with Crippen LogP contribution in [0.25, 0.3) is 5.69 Å². The second-order valence-corrected chi connectivity index (χ2v) is 8.48. The maximum absolute atomic E-state index is 12.6. The molecule has 2 aromatic heterocycles. The third-order valence-corrected chi connectivity index (χ3v) is 6.19. The summed E-state index contributed by atoms with van der Waals surface area (Å²) < 4.78 is 8.47. The molecule has 0 spiro atoms. The van der Waals surface area contributed by atoms with E-state index in [-0.39, 0.29) is 5.91 Å². The highest BCUT2D eigenvalue weighted by Gasteiger charge is 2.12. The number of nitrogens with zero attached hydrogens (tertiary/aromatic N) is 2. The second-order valence-electron chi connectivity index (χ2n) is 6.15. The summed E-state index contributed by atoms with van der Waals surface area (Å²) >= 11 is 10.9. The minimum atomic E-state index is -0.308. The first kappa shape index (κ1) is 20.5. The zero-order valence-corrected chi connectivity index (χ0v) is 18.6. The standard InChI is InChI=1S/C22H15BrClN3O2S/c23-19-13-16(29-22(19)30-17-9-7-15(24)8-10-17)14-25-26-21(28)18-5-1-2-6-20(18)27-11-3-4-12-27/h1-14H,(H,26,28). The summed E-state index contributed by atoms with van der Waals surface area (Å²) in [7, 11) is 0. The van der Waals surface area contributed by atoms with Gasteiger partial charge in [0.1, 0.15) is 5.76 Å². The van der Waals surface area contributed by atoms with Crippen LogP contribution in [-0.2, 0) is 0 Å². The van der Waals surface area contributed by atoms with Gasteiger partial charge in [0.25, 0.3) is 5.91 Å². The van der Waals surface area contributed by atoms with Gasteiger partial charge in [0.05, 0.1) is 21.9 Å². The average molecular weight is 501 g/mol. The molecular weight excluding hydrogens is 486 g/mol. The average Bonchev–Trinajstić information content (AvgIpc) is 3.40. The molecule has 1 N–H and O–H groups in total. The summed E-state index contributed by atoms with van der Waals surface area (Å²) in [5.74, 6) is 0.203. The van der Waals surface area contributed by atoms with Crippen molar-refractivity contribution in [2.75, 3.05) is 0 Å². The van der Waals surface area contributed by atoms with Crippen molar-refractivity contribution in [2.24, 2.45) is 5.10 Å². The van der Waals surface area contributed by atoms with Gasteiger partial charge in [0.15, 0.2) is 5.09 Å². The summed E-state index contributed by atoms with van der Waals surface area (Å²) in [6, 6.07) is 20.4. The number of amides is 1. The van der Waals surface area contributed by atoms with E-state index < -0.39 is 0 Å². The molecule has 0 radical (unpaired) electrons. The van der Waals surface area contributed by atoms with Crippen LogP contribution in [0.3, 0.4) is 0 Å². The van der Waals surface area contributed by atoms with Crippen LogP contribution in [0.2, 0.25) is 5.02 Å². The fourth-order valence-corrected chi connectivity index (χ4v) is 4.17. The molecule has 0 aliphatic carbocycles. The number of hydrazone groups is 1. The molecule has 0 fully saturated rings. The van der Waals surface area contributed by atoms with Crippen molar-refractivity contribution in [1.82, 2.24) is 9.99 Å². The number of rotatable bonds is 6. The van der Waals surface area contributed by atoms with Gasteiger partial charge in [-0.05, 0) is 64.5 Å². The number of aromatic nitrogens is 1. The van der Waals surface area contributed by atoms with Gasteiger partial charge in [-0.2, -0.15) is 5.10 Å². The SMILES string of the molecule is O=C(NN=Cc1cc(Br)c(Sc2ccc(Cl)cc2)o1)c1ccccc1-n1cccc1. The molecule has 2 heterocycles. The van der Waals surface area contributed by atoms with E-state index in [0.717, 1.165) is 15.1 Å². The first-order chi connectivity index (χ1) is 14.6. The molecule has 0 bridgehead atoms. The molecular formula is C22H15BrClN3O2S. The van der Waals surface area contributed by atoms with Crippen LogP contribution >= 0.6 is 39.3 Å². The van der Waals surface area contributed by atoms with Crippen molar-refractivity contribution in [3.63, 3.8) is 0 Å². The lowest BCUT2D eigenvalue weighted by molar-refractivity contribution is 0.0955. The first-order valence-electron chi connectivity index (χ1n) is 8.89. The molecule has 5 nitrogen and oxygen atoms in total. The molecule has 1 amide bonds. The number of nitrogens with one attached hydrogen (secondary N) is 1. The van der Waals surface area contributed by atoms with Crippen LogP contribution in [0.1, 0.15) is 16.1 Å². The Hall–Kier alpha value is -2.74. The van der Waals surface area contributed by atoms with Crippen LogP contribution in [0.4, 0.5) is 0 Å². The van der Waals surface area contributed by atoms with Crippen LogP contribution < -0.4 is 5.43 Å². The first-order valence-corrected chi connectivity index (χ1v) is 10.9. The molecule has 0 atom stereocenters. The number of carbonyl (C=O) groups excluding carboxylic acids is 1. The predicted octanol–water partition coefficient (Wildman–Crippen LogP) is 6.40. The van der Waals surface area contributed by atoms with Crippen molar-refractivity contribution < 1.29 is 9.21 Å². The summed E-state index contributed by atoms with van der Waals surface area (Å²) in [5.41, 5.74) is 3.85. The van der Waals surface area contributed by atoms with Crippen molar-refractivity contribution in [3.05, 3.63) is 99.9 Å². The number of carbonyl (C=O) groups is 1. The van der Waals surface area contributed by atoms with Gasteiger partial charge >= 0.3 is 0 Å². The molecule has 4 rings (SSSR count). The smallest absolute Gasteiger partial charge is 0.273 e. The molecule has 0 unspecified atom stereocenters. The fourth-order valence-electron chi connectivity index (χ4n) is 2.71. The number of hydrogen-bond donors (Lipinski definition) is 1. The van der Waals surface area contributed by atoms with Crippen LogP contribution in [0.5, 0.6) is 0 Å². The van der Waals surface area contributed by atoms with E-state index in [4.69, 9.17) is 16.0 Å². The van der Waals surface area contributed by atoms with Crippen LogP contribution in [-0.4, -0.2) is 16.7 Å². The van der Waals surface area contributed by atoms with Crippen LogP contribution in [0, 0.1) is 0 Å². The lowest BCUT2D eigenvalue weighted by Crippen LogP contribution is -2.19. The normalized spacial score (nSPS) is 11.1. The third kappa shape index (κ3) is 4.87. The molecule has 0 aliphatic heterocycles. The lowest BCUT2D eigenvalue weighted by Gasteiger charge is -2.08. The molecule has 0 saturated carbocycles. The van der Waals surface area contributed by atoms with Gasteiger partial charge in [0.2, 0.25) is 0 Å². The number of halogens is 2. The van der Waals surface area contributed by atoms with E-state index in [1.807, 2.05) is 71.6 Å². The summed E-state index contributed by atoms with van der Waals surface area (Å²) in [6.07, 6.45) is 5.23. The predicted molar refractivity (Wildman–Crippen MR) is 123 cm³/mol. The van der Waals surface area contributed by atoms with E-state index >= 15 is 0 Å². The van der Waals surface area contributed by atoms with Crippen molar-refractivity contribution in [3.8, 4) is 5.69 Å². The Bertz CT molecular complexity index is 1190. The van der Waals surface area contributed by atoms with Gasteiger partial charge in [-0.1, -0.05) is 35.5 Å². The number of furan rings is 1. The highest BCUT2D eigenvalue weighted by atomic mass is 79.9. The van der Waals surface area contributed by atoms with E-state index in [9.17, 15) is 4.79 Å². The zero-order chi connectivity index (χ0) is 20.9. The van der Waals surface area contributed by atoms with E-state index in [0.29, 0.717) is 21.4 Å².